The predicted octanol–water partition coefficient (Wildman–Crippen LogP) is 2.19. The van der Waals surface area contributed by atoms with E-state index in [2.05, 4.69) is 15.3 Å². The monoisotopic (exact) mass is 291 g/mol. The zero-order valence-corrected chi connectivity index (χ0v) is 10.9. The maximum atomic E-state index is 12.9. The van der Waals surface area contributed by atoms with Gasteiger partial charge in [0.15, 0.2) is 11.4 Å². The Hall–Kier alpha value is -1.22. The zero-order chi connectivity index (χ0) is 13.8. The van der Waals surface area contributed by atoms with E-state index in [0.717, 1.165) is 37.5 Å². The molecule has 1 fully saturated rings. The third kappa shape index (κ3) is 1.83. The minimum absolute atomic E-state index is 0.189. The summed E-state index contributed by atoms with van der Waals surface area (Å²) in [6, 6.07) is 0. The second kappa shape index (κ2) is 3.89. The Balaban J connectivity index is 2.05. The summed E-state index contributed by atoms with van der Waals surface area (Å²) in [4.78, 5) is 0.359. The molecule has 0 saturated heterocycles. The van der Waals surface area contributed by atoms with Crippen LogP contribution in [0.3, 0.4) is 0 Å². The fourth-order valence-corrected chi connectivity index (χ4v) is 2.81. The number of hydrogen-bond acceptors (Lipinski definition) is 5. The van der Waals surface area contributed by atoms with Gasteiger partial charge < -0.3 is 5.73 Å². The molecule has 9 heteroatoms. The molecule has 1 aliphatic carbocycles. The van der Waals surface area contributed by atoms with E-state index in [9.17, 15) is 13.2 Å². The van der Waals surface area contributed by atoms with Crippen LogP contribution in [-0.2, 0) is 5.54 Å². The maximum absolute atomic E-state index is 12.9. The highest BCUT2D eigenvalue weighted by Crippen LogP contribution is 2.40. The van der Waals surface area contributed by atoms with Gasteiger partial charge in [0.2, 0.25) is 4.96 Å². The Morgan fingerprint density at radius 1 is 1.32 bits per heavy atom. The van der Waals surface area contributed by atoms with Crippen LogP contribution in [0.4, 0.5) is 13.2 Å². The van der Waals surface area contributed by atoms with Crippen molar-refractivity contribution in [1.29, 1.82) is 0 Å². The van der Waals surface area contributed by atoms with Crippen LogP contribution in [-0.4, -0.2) is 26.0 Å². The van der Waals surface area contributed by atoms with Gasteiger partial charge in [0, 0.05) is 5.92 Å². The van der Waals surface area contributed by atoms with Crippen LogP contribution in [0.15, 0.2) is 0 Å². The molecule has 0 amide bonds. The lowest BCUT2D eigenvalue weighted by molar-refractivity contribution is -0.184. The summed E-state index contributed by atoms with van der Waals surface area (Å²) in [7, 11) is 0. The first-order valence-electron chi connectivity index (χ1n) is 5.89. The standard InChI is InChI=1S/C10H12F3N5S/c1-9(14,10(11,12)13)7-17-18-6(5-3-2-4-5)15-16-8(18)19-7/h5H,2-4,14H2,1H3. The van der Waals surface area contributed by atoms with E-state index >= 15 is 0 Å². The minimum Gasteiger partial charge on any atom is -0.312 e. The minimum atomic E-state index is -4.55. The first-order valence-corrected chi connectivity index (χ1v) is 6.70. The number of fused-ring (bicyclic) bond motifs is 1. The molecule has 2 aromatic heterocycles. The van der Waals surface area contributed by atoms with Crippen LogP contribution in [0.1, 0.15) is 42.9 Å². The van der Waals surface area contributed by atoms with Gasteiger partial charge in [0.25, 0.3) is 0 Å². The van der Waals surface area contributed by atoms with Gasteiger partial charge in [-0.05, 0) is 19.8 Å². The highest BCUT2D eigenvalue weighted by Gasteiger charge is 2.52. The second-order valence-electron chi connectivity index (χ2n) is 4.99. The molecule has 1 unspecified atom stereocenters. The fraction of sp³-hybridized carbons (Fsp3) is 0.700. The molecule has 0 spiro atoms. The highest BCUT2D eigenvalue weighted by atomic mass is 32.1. The molecule has 1 aliphatic rings. The van der Waals surface area contributed by atoms with Crippen LogP contribution in [0, 0.1) is 0 Å². The summed E-state index contributed by atoms with van der Waals surface area (Å²) in [6.07, 6.45) is -1.49. The number of alkyl halides is 3. The SMILES string of the molecule is CC(N)(c1nn2c(C3CCC3)nnc2s1)C(F)(F)F. The van der Waals surface area contributed by atoms with Gasteiger partial charge in [-0.15, -0.1) is 10.2 Å². The van der Waals surface area contributed by atoms with Crippen molar-refractivity contribution in [3.8, 4) is 0 Å². The Kier molecular flexibility index (Phi) is 2.62. The third-order valence-electron chi connectivity index (χ3n) is 3.52. The first-order chi connectivity index (χ1) is 8.80. The maximum Gasteiger partial charge on any atom is 0.412 e. The molecular weight excluding hydrogens is 279 g/mol. The quantitative estimate of drug-likeness (QED) is 0.921. The van der Waals surface area contributed by atoms with Crippen LogP contribution in [0.2, 0.25) is 0 Å². The van der Waals surface area contributed by atoms with Crippen LogP contribution < -0.4 is 5.73 Å². The normalized spacial score (nSPS) is 20.5. The summed E-state index contributed by atoms with van der Waals surface area (Å²) in [5, 5.41) is 11.7. The first kappa shape index (κ1) is 12.8. The van der Waals surface area contributed by atoms with Gasteiger partial charge in [0.05, 0.1) is 0 Å². The van der Waals surface area contributed by atoms with Crippen molar-refractivity contribution in [3.05, 3.63) is 10.8 Å². The van der Waals surface area contributed by atoms with Gasteiger partial charge in [-0.1, -0.05) is 17.8 Å². The Bertz CT molecular complexity index is 610. The molecule has 3 rings (SSSR count). The molecule has 104 valence electrons. The van der Waals surface area contributed by atoms with Crippen molar-refractivity contribution >= 4 is 16.3 Å². The Morgan fingerprint density at radius 2 is 2.00 bits per heavy atom. The fourth-order valence-electron chi connectivity index (χ4n) is 1.88. The van der Waals surface area contributed by atoms with Crippen LogP contribution >= 0.6 is 11.3 Å². The average Bonchev–Trinajstić information content (AvgIpc) is 2.75. The molecule has 2 heterocycles. The summed E-state index contributed by atoms with van der Waals surface area (Å²) >= 11 is 0.837. The number of hydrogen-bond donors (Lipinski definition) is 1. The molecule has 1 saturated carbocycles. The van der Waals surface area contributed by atoms with Crippen molar-refractivity contribution in [2.24, 2.45) is 5.73 Å². The molecule has 0 radical (unpaired) electrons. The predicted molar refractivity (Wildman–Crippen MR) is 62.8 cm³/mol. The summed E-state index contributed by atoms with van der Waals surface area (Å²) < 4.78 is 40.1. The van der Waals surface area contributed by atoms with Gasteiger partial charge in [-0.3, -0.25) is 0 Å². The molecule has 2 aromatic rings. The third-order valence-corrected chi connectivity index (χ3v) is 4.65. The summed E-state index contributed by atoms with van der Waals surface area (Å²) in [6.45, 7) is 0.918. The van der Waals surface area contributed by atoms with Crippen LogP contribution in [0.5, 0.6) is 0 Å². The number of aromatic nitrogens is 4. The lowest BCUT2D eigenvalue weighted by Gasteiger charge is -2.24. The molecule has 2 N–H and O–H groups in total. The van der Waals surface area contributed by atoms with E-state index in [1.807, 2.05) is 0 Å². The van der Waals surface area contributed by atoms with Gasteiger partial charge in [-0.2, -0.15) is 22.8 Å². The molecule has 1 atom stereocenters. The highest BCUT2D eigenvalue weighted by molar-refractivity contribution is 7.16. The van der Waals surface area contributed by atoms with Crippen molar-refractivity contribution < 1.29 is 13.2 Å². The number of rotatable bonds is 2. The van der Waals surface area contributed by atoms with E-state index in [1.165, 1.54) is 4.52 Å². The lowest BCUT2D eigenvalue weighted by atomic mass is 9.85. The number of nitrogens with zero attached hydrogens (tertiary/aromatic N) is 4. The topological polar surface area (TPSA) is 69.1 Å². The molecule has 0 aliphatic heterocycles. The van der Waals surface area contributed by atoms with E-state index in [1.54, 1.807) is 0 Å². The van der Waals surface area contributed by atoms with Crippen molar-refractivity contribution in [2.75, 3.05) is 0 Å². The van der Waals surface area contributed by atoms with Crippen LogP contribution in [0.25, 0.3) is 4.96 Å². The Labute approximate surface area is 110 Å². The molecule has 0 bridgehead atoms. The average molecular weight is 291 g/mol. The molecular formula is C10H12F3N5S. The molecule has 5 nitrogen and oxygen atoms in total. The smallest absolute Gasteiger partial charge is 0.312 e. The molecule has 19 heavy (non-hydrogen) atoms. The second-order valence-corrected chi connectivity index (χ2v) is 5.94. The zero-order valence-electron chi connectivity index (χ0n) is 10.1. The number of halogens is 3. The van der Waals surface area contributed by atoms with E-state index in [0.29, 0.717) is 10.8 Å². The van der Waals surface area contributed by atoms with E-state index in [4.69, 9.17) is 5.73 Å². The van der Waals surface area contributed by atoms with Gasteiger partial charge >= 0.3 is 6.18 Å². The van der Waals surface area contributed by atoms with E-state index < -0.39 is 11.7 Å². The van der Waals surface area contributed by atoms with Gasteiger partial charge in [0.1, 0.15) is 5.01 Å². The summed E-state index contributed by atoms with van der Waals surface area (Å²) in [5.41, 5.74) is 2.91. The van der Waals surface area contributed by atoms with Crippen molar-refractivity contribution in [2.45, 2.75) is 43.8 Å². The lowest BCUT2D eigenvalue weighted by Crippen LogP contribution is -2.47. The van der Waals surface area contributed by atoms with Gasteiger partial charge in [-0.25, -0.2) is 0 Å². The van der Waals surface area contributed by atoms with E-state index in [-0.39, 0.29) is 10.9 Å². The Morgan fingerprint density at radius 3 is 2.53 bits per heavy atom. The van der Waals surface area contributed by atoms with Crippen molar-refractivity contribution in [1.82, 2.24) is 19.8 Å². The summed E-state index contributed by atoms with van der Waals surface area (Å²) in [5.74, 6) is 0.890. The number of nitrogens with two attached hydrogens (primary N) is 1. The largest absolute Gasteiger partial charge is 0.412 e. The molecule has 0 aromatic carbocycles. The van der Waals surface area contributed by atoms with Crippen molar-refractivity contribution in [3.63, 3.8) is 0 Å².